The lowest BCUT2D eigenvalue weighted by Gasteiger charge is -2.33. The van der Waals surface area contributed by atoms with Crippen molar-refractivity contribution in [3.05, 3.63) is 53.9 Å². The SMILES string of the molecule is CCCN1CCN(c2nnc(-n3cccc3C(=O)Nc3ccccc3CC)s2)CC1. The Morgan fingerprint density at radius 3 is 2.57 bits per heavy atom. The molecule has 1 N–H and O–H groups in total. The van der Waals surface area contributed by atoms with Gasteiger partial charge in [0.05, 0.1) is 0 Å². The number of hydrogen-bond acceptors (Lipinski definition) is 6. The Morgan fingerprint density at radius 1 is 1.03 bits per heavy atom. The molecule has 1 aromatic carbocycles. The highest BCUT2D eigenvalue weighted by Crippen LogP contribution is 2.26. The molecular formula is C22H28N6OS. The van der Waals surface area contributed by atoms with Crippen LogP contribution in [0.5, 0.6) is 0 Å². The first-order valence-corrected chi connectivity index (χ1v) is 11.4. The molecule has 0 unspecified atom stereocenters. The fourth-order valence-electron chi connectivity index (χ4n) is 3.78. The molecule has 0 bridgehead atoms. The number of hydrogen-bond donors (Lipinski definition) is 1. The molecule has 3 heterocycles. The van der Waals surface area contributed by atoms with E-state index in [0.29, 0.717) is 10.8 Å². The number of nitrogens with one attached hydrogen (secondary N) is 1. The van der Waals surface area contributed by atoms with Crippen LogP contribution in [0.3, 0.4) is 0 Å². The number of piperazine rings is 1. The minimum absolute atomic E-state index is 0.147. The van der Waals surface area contributed by atoms with Crippen LogP contribution in [0, 0.1) is 0 Å². The second-order valence-electron chi connectivity index (χ2n) is 7.42. The molecule has 158 valence electrons. The second kappa shape index (κ2) is 9.40. The van der Waals surface area contributed by atoms with E-state index in [9.17, 15) is 4.79 Å². The summed E-state index contributed by atoms with van der Waals surface area (Å²) in [6, 6.07) is 11.6. The van der Waals surface area contributed by atoms with Gasteiger partial charge in [0, 0.05) is 38.1 Å². The number of carbonyl (C=O) groups excluding carboxylic acids is 1. The van der Waals surface area contributed by atoms with Crippen molar-refractivity contribution in [2.45, 2.75) is 26.7 Å². The second-order valence-corrected chi connectivity index (χ2v) is 8.36. The third-order valence-corrected chi connectivity index (χ3v) is 6.40. The number of carbonyl (C=O) groups is 1. The molecule has 30 heavy (non-hydrogen) atoms. The Labute approximate surface area is 181 Å². The highest BCUT2D eigenvalue weighted by molar-refractivity contribution is 7.17. The van der Waals surface area contributed by atoms with E-state index in [1.807, 2.05) is 47.2 Å². The van der Waals surface area contributed by atoms with Gasteiger partial charge >= 0.3 is 0 Å². The van der Waals surface area contributed by atoms with Crippen LogP contribution in [-0.2, 0) is 6.42 Å². The van der Waals surface area contributed by atoms with Gasteiger partial charge in [0.25, 0.3) is 5.91 Å². The highest BCUT2D eigenvalue weighted by Gasteiger charge is 2.21. The zero-order chi connectivity index (χ0) is 20.9. The minimum Gasteiger partial charge on any atom is -0.344 e. The number of para-hydroxylation sites is 1. The van der Waals surface area contributed by atoms with Crippen molar-refractivity contribution in [1.82, 2.24) is 19.7 Å². The van der Waals surface area contributed by atoms with Gasteiger partial charge in [0.1, 0.15) is 5.69 Å². The minimum atomic E-state index is -0.147. The maximum absolute atomic E-state index is 13.0. The summed E-state index contributed by atoms with van der Waals surface area (Å²) >= 11 is 1.53. The normalized spacial score (nSPS) is 14.8. The molecule has 0 spiro atoms. The van der Waals surface area contributed by atoms with Gasteiger partial charge in [0.15, 0.2) is 0 Å². The molecule has 0 aliphatic carbocycles. The van der Waals surface area contributed by atoms with Crippen LogP contribution in [0.25, 0.3) is 5.13 Å². The largest absolute Gasteiger partial charge is 0.344 e. The Bertz CT molecular complexity index is 989. The lowest BCUT2D eigenvalue weighted by Crippen LogP contribution is -2.46. The molecular weight excluding hydrogens is 396 g/mol. The van der Waals surface area contributed by atoms with E-state index in [-0.39, 0.29) is 5.91 Å². The average molecular weight is 425 g/mol. The number of amides is 1. The van der Waals surface area contributed by atoms with Crippen LogP contribution in [0.4, 0.5) is 10.8 Å². The van der Waals surface area contributed by atoms with E-state index in [0.717, 1.165) is 55.5 Å². The summed E-state index contributed by atoms with van der Waals surface area (Å²) in [5.41, 5.74) is 2.52. The molecule has 0 radical (unpaired) electrons. The zero-order valence-corrected chi connectivity index (χ0v) is 18.4. The standard InChI is InChI=1S/C22H28N6OS/c1-3-11-26-13-15-27(16-14-26)21-24-25-22(30-21)28-12-7-10-19(28)20(29)23-18-9-6-5-8-17(18)4-2/h5-10,12H,3-4,11,13-16H2,1-2H3,(H,23,29). The van der Waals surface area contributed by atoms with Crippen molar-refractivity contribution in [3.8, 4) is 5.13 Å². The molecule has 1 aliphatic heterocycles. The summed E-state index contributed by atoms with van der Waals surface area (Å²) in [6.45, 7) is 9.47. The average Bonchev–Trinajstić information content (AvgIpc) is 3.44. The number of nitrogens with zero attached hydrogens (tertiary/aromatic N) is 5. The molecule has 1 amide bonds. The van der Waals surface area contributed by atoms with Gasteiger partial charge in [-0.25, -0.2) is 0 Å². The first-order valence-electron chi connectivity index (χ1n) is 10.6. The number of aromatic nitrogens is 3. The Kier molecular flexibility index (Phi) is 6.44. The fourth-order valence-corrected chi connectivity index (χ4v) is 4.68. The monoisotopic (exact) mass is 424 g/mol. The Balaban J connectivity index is 1.48. The molecule has 2 aromatic heterocycles. The number of rotatable bonds is 7. The quantitative estimate of drug-likeness (QED) is 0.627. The Hall–Kier alpha value is -2.71. The van der Waals surface area contributed by atoms with E-state index in [1.54, 1.807) is 0 Å². The molecule has 1 fully saturated rings. The van der Waals surface area contributed by atoms with Crippen molar-refractivity contribution in [1.29, 1.82) is 0 Å². The van der Waals surface area contributed by atoms with Crippen molar-refractivity contribution >= 4 is 28.1 Å². The summed E-state index contributed by atoms with van der Waals surface area (Å²) < 4.78 is 1.82. The number of anilines is 2. The smallest absolute Gasteiger partial charge is 0.272 e. The van der Waals surface area contributed by atoms with E-state index in [4.69, 9.17) is 0 Å². The van der Waals surface area contributed by atoms with E-state index < -0.39 is 0 Å². The first kappa shape index (κ1) is 20.6. The van der Waals surface area contributed by atoms with E-state index >= 15 is 0 Å². The molecule has 8 heteroatoms. The first-order chi connectivity index (χ1) is 14.7. The summed E-state index contributed by atoms with van der Waals surface area (Å²) in [5.74, 6) is -0.147. The number of benzene rings is 1. The third-order valence-electron chi connectivity index (χ3n) is 5.42. The molecule has 3 aromatic rings. The van der Waals surface area contributed by atoms with Crippen molar-refractivity contribution in [2.75, 3.05) is 42.9 Å². The van der Waals surface area contributed by atoms with Gasteiger partial charge < -0.3 is 10.2 Å². The van der Waals surface area contributed by atoms with Crippen molar-refractivity contribution < 1.29 is 4.79 Å². The molecule has 0 saturated carbocycles. The lowest BCUT2D eigenvalue weighted by atomic mass is 10.1. The molecule has 0 atom stereocenters. The summed E-state index contributed by atoms with van der Waals surface area (Å²) in [7, 11) is 0. The maximum atomic E-state index is 13.0. The van der Waals surface area contributed by atoms with Crippen LogP contribution in [0.2, 0.25) is 0 Å². The highest BCUT2D eigenvalue weighted by atomic mass is 32.1. The predicted octanol–water partition coefficient (Wildman–Crippen LogP) is 3.68. The lowest BCUT2D eigenvalue weighted by molar-refractivity contribution is 0.102. The van der Waals surface area contributed by atoms with Gasteiger partial charge in [-0.15, -0.1) is 10.2 Å². The van der Waals surface area contributed by atoms with Gasteiger partial charge in [-0.2, -0.15) is 0 Å². The van der Waals surface area contributed by atoms with Crippen LogP contribution in [-0.4, -0.2) is 58.3 Å². The molecule has 1 aliphatic rings. The third kappa shape index (κ3) is 4.39. The van der Waals surface area contributed by atoms with E-state index in [2.05, 4.69) is 39.2 Å². The van der Waals surface area contributed by atoms with Gasteiger partial charge in [-0.1, -0.05) is 43.4 Å². The van der Waals surface area contributed by atoms with Gasteiger partial charge in [0.2, 0.25) is 10.3 Å². The number of aryl methyl sites for hydroxylation is 1. The van der Waals surface area contributed by atoms with Gasteiger partial charge in [-0.3, -0.25) is 14.3 Å². The fraction of sp³-hybridized carbons (Fsp3) is 0.409. The van der Waals surface area contributed by atoms with Crippen LogP contribution >= 0.6 is 11.3 Å². The zero-order valence-electron chi connectivity index (χ0n) is 17.5. The van der Waals surface area contributed by atoms with Crippen LogP contribution in [0.1, 0.15) is 36.3 Å². The Morgan fingerprint density at radius 2 is 1.80 bits per heavy atom. The van der Waals surface area contributed by atoms with E-state index in [1.165, 1.54) is 17.8 Å². The molecule has 7 nitrogen and oxygen atoms in total. The molecule has 1 saturated heterocycles. The van der Waals surface area contributed by atoms with Crippen LogP contribution < -0.4 is 10.2 Å². The van der Waals surface area contributed by atoms with Crippen molar-refractivity contribution in [2.24, 2.45) is 0 Å². The summed E-state index contributed by atoms with van der Waals surface area (Å²) in [6.07, 6.45) is 3.91. The van der Waals surface area contributed by atoms with Crippen LogP contribution in [0.15, 0.2) is 42.6 Å². The topological polar surface area (TPSA) is 66.3 Å². The summed E-state index contributed by atoms with van der Waals surface area (Å²) in [4.78, 5) is 17.7. The molecule has 4 rings (SSSR count). The van der Waals surface area contributed by atoms with Crippen molar-refractivity contribution in [3.63, 3.8) is 0 Å². The maximum Gasteiger partial charge on any atom is 0.272 e. The summed E-state index contributed by atoms with van der Waals surface area (Å²) in [5, 5.41) is 13.4. The van der Waals surface area contributed by atoms with Gasteiger partial charge in [-0.05, 0) is 43.1 Å². The predicted molar refractivity (Wildman–Crippen MR) is 122 cm³/mol.